The Morgan fingerprint density at radius 1 is 1.29 bits per heavy atom. The summed E-state index contributed by atoms with van der Waals surface area (Å²) in [5.74, 6) is -2.16. The van der Waals surface area contributed by atoms with Crippen LogP contribution >= 0.6 is 0 Å². The van der Waals surface area contributed by atoms with Gasteiger partial charge in [-0.3, -0.25) is 5.32 Å². The van der Waals surface area contributed by atoms with E-state index >= 15 is 0 Å². The molecule has 0 aromatic heterocycles. The van der Waals surface area contributed by atoms with E-state index in [1.807, 2.05) is 0 Å². The van der Waals surface area contributed by atoms with Crippen LogP contribution in [0.25, 0.3) is 0 Å². The van der Waals surface area contributed by atoms with E-state index in [-0.39, 0.29) is 11.4 Å². The molecule has 6 heteroatoms. The Morgan fingerprint density at radius 2 is 1.82 bits per heavy atom. The molecule has 4 nitrogen and oxygen atoms in total. The smallest absolute Gasteiger partial charge is 0.412 e. The number of amides is 1. The van der Waals surface area contributed by atoms with Crippen LogP contribution in [0.5, 0.6) is 0 Å². The van der Waals surface area contributed by atoms with Crippen molar-refractivity contribution in [3.63, 3.8) is 0 Å². The molecule has 1 aromatic rings. The van der Waals surface area contributed by atoms with Gasteiger partial charge in [0.2, 0.25) is 0 Å². The topological polar surface area (TPSA) is 64.3 Å². The molecule has 0 aliphatic carbocycles. The van der Waals surface area contributed by atoms with Gasteiger partial charge in [0.25, 0.3) is 0 Å². The lowest BCUT2D eigenvalue weighted by atomic mass is 10.2. The second-order valence-corrected chi connectivity index (χ2v) is 4.48. The maximum atomic E-state index is 12.9. The van der Waals surface area contributed by atoms with Crippen molar-refractivity contribution in [2.45, 2.75) is 26.4 Å². The average Bonchev–Trinajstić information content (AvgIpc) is 2.11. The lowest BCUT2D eigenvalue weighted by Crippen LogP contribution is -2.27. The van der Waals surface area contributed by atoms with Crippen LogP contribution in [0.4, 0.5) is 25.0 Å². The molecule has 0 fully saturated rings. The molecule has 1 aromatic carbocycles. The Labute approximate surface area is 97.8 Å². The first-order valence-electron chi connectivity index (χ1n) is 4.93. The number of hydrogen-bond acceptors (Lipinski definition) is 3. The van der Waals surface area contributed by atoms with Crippen LogP contribution < -0.4 is 11.1 Å². The summed E-state index contributed by atoms with van der Waals surface area (Å²) < 4.78 is 30.6. The number of benzene rings is 1. The third kappa shape index (κ3) is 3.90. The fraction of sp³-hybridized carbons (Fsp3) is 0.364. The summed E-state index contributed by atoms with van der Waals surface area (Å²) in [6.45, 7) is 5.05. The van der Waals surface area contributed by atoms with Crippen molar-refractivity contribution in [1.82, 2.24) is 0 Å². The summed E-state index contributed by atoms with van der Waals surface area (Å²) in [5, 5.41) is 2.24. The zero-order chi connectivity index (χ0) is 13.2. The van der Waals surface area contributed by atoms with E-state index in [0.717, 1.165) is 12.1 Å². The Hall–Kier alpha value is -1.85. The van der Waals surface area contributed by atoms with Crippen LogP contribution in [-0.4, -0.2) is 11.7 Å². The Balaban J connectivity index is 2.82. The van der Waals surface area contributed by atoms with Crippen LogP contribution in [0.15, 0.2) is 12.1 Å². The number of nitrogen functional groups attached to an aromatic ring is 1. The van der Waals surface area contributed by atoms with E-state index in [0.29, 0.717) is 0 Å². The standard InChI is InChI=1S/C11H14F2N2O2/c1-11(2,3)17-10(16)15-9-5-7(13)6(12)4-8(9)14/h4-5H,14H2,1-3H3,(H,15,16). The van der Waals surface area contributed by atoms with E-state index in [4.69, 9.17) is 10.5 Å². The molecule has 0 saturated carbocycles. The fourth-order valence-electron chi connectivity index (χ4n) is 1.08. The number of nitrogens with one attached hydrogen (secondary N) is 1. The Morgan fingerprint density at radius 3 is 2.35 bits per heavy atom. The third-order valence-corrected chi connectivity index (χ3v) is 1.73. The van der Waals surface area contributed by atoms with Gasteiger partial charge in [0.05, 0.1) is 11.4 Å². The normalized spacial score (nSPS) is 11.1. The van der Waals surface area contributed by atoms with Gasteiger partial charge in [0, 0.05) is 12.1 Å². The predicted molar refractivity (Wildman–Crippen MR) is 60.6 cm³/mol. The Kier molecular flexibility index (Phi) is 3.55. The first kappa shape index (κ1) is 13.2. The van der Waals surface area contributed by atoms with Crippen molar-refractivity contribution in [3.05, 3.63) is 23.8 Å². The summed E-state index contributed by atoms with van der Waals surface area (Å²) in [6, 6.07) is 1.59. The molecular formula is C11H14F2N2O2. The minimum atomic E-state index is -1.09. The number of carbonyl (C=O) groups excluding carboxylic acids is 1. The van der Waals surface area contributed by atoms with Gasteiger partial charge >= 0.3 is 6.09 Å². The molecule has 0 atom stereocenters. The molecule has 0 aliphatic heterocycles. The highest BCUT2D eigenvalue weighted by Gasteiger charge is 2.17. The molecule has 17 heavy (non-hydrogen) atoms. The van der Waals surface area contributed by atoms with E-state index in [1.54, 1.807) is 20.8 Å². The van der Waals surface area contributed by atoms with E-state index < -0.39 is 23.3 Å². The highest BCUT2D eigenvalue weighted by Crippen LogP contribution is 2.22. The number of rotatable bonds is 1. The van der Waals surface area contributed by atoms with Crippen molar-refractivity contribution >= 4 is 17.5 Å². The number of nitrogens with two attached hydrogens (primary N) is 1. The lowest BCUT2D eigenvalue weighted by Gasteiger charge is -2.20. The molecule has 0 radical (unpaired) electrons. The van der Waals surface area contributed by atoms with Crippen LogP contribution in [-0.2, 0) is 4.74 Å². The van der Waals surface area contributed by atoms with Gasteiger partial charge in [0.15, 0.2) is 11.6 Å². The van der Waals surface area contributed by atoms with Crippen LogP contribution in [0.3, 0.4) is 0 Å². The van der Waals surface area contributed by atoms with Gasteiger partial charge < -0.3 is 10.5 Å². The minimum absolute atomic E-state index is 0.0295. The maximum absolute atomic E-state index is 12.9. The second kappa shape index (κ2) is 4.57. The third-order valence-electron chi connectivity index (χ3n) is 1.73. The van der Waals surface area contributed by atoms with Gasteiger partial charge in [-0.05, 0) is 20.8 Å². The molecule has 0 bridgehead atoms. The van der Waals surface area contributed by atoms with Crippen molar-refractivity contribution in [2.75, 3.05) is 11.1 Å². The zero-order valence-electron chi connectivity index (χ0n) is 9.80. The van der Waals surface area contributed by atoms with E-state index in [9.17, 15) is 13.6 Å². The lowest BCUT2D eigenvalue weighted by molar-refractivity contribution is 0.0636. The first-order valence-corrected chi connectivity index (χ1v) is 4.93. The van der Waals surface area contributed by atoms with Crippen LogP contribution in [0, 0.1) is 11.6 Å². The molecule has 0 saturated heterocycles. The van der Waals surface area contributed by atoms with Crippen molar-refractivity contribution in [1.29, 1.82) is 0 Å². The number of ether oxygens (including phenoxy) is 1. The minimum Gasteiger partial charge on any atom is -0.444 e. The summed E-state index contributed by atoms with van der Waals surface area (Å²) in [6.07, 6.45) is -0.782. The highest BCUT2D eigenvalue weighted by atomic mass is 19.2. The average molecular weight is 244 g/mol. The fourth-order valence-corrected chi connectivity index (χ4v) is 1.08. The molecule has 0 heterocycles. The largest absolute Gasteiger partial charge is 0.444 e. The summed E-state index contributed by atoms with van der Waals surface area (Å²) in [5.41, 5.74) is 4.64. The summed E-state index contributed by atoms with van der Waals surface area (Å²) >= 11 is 0. The monoisotopic (exact) mass is 244 g/mol. The highest BCUT2D eigenvalue weighted by molar-refractivity contribution is 5.89. The molecule has 0 unspecified atom stereocenters. The summed E-state index contributed by atoms with van der Waals surface area (Å²) in [7, 11) is 0. The quantitative estimate of drug-likeness (QED) is 0.746. The van der Waals surface area contributed by atoms with Crippen molar-refractivity contribution in [3.8, 4) is 0 Å². The molecular weight excluding hydrogens is 230 g/mol. The molecule has 1 amide bonds. The SMILES string of the molecule is CC(C)(C)OC(=O)Nc1cc(F)c(F)cc1N. The number of anilines is 2. The van der Waals surface area contributed by atoms with Crippen LogP contribution in [0.2, 0.25) is 0 Å². The van der Waals surface area contributed by atoms with Gasteiger partial charge in [0.1, 0.15) is 5.60 Å². The van der Waals surface area contributed by atoms with Crippen molar-refractivity contribution < 1.29 is 18.3 Å². The van der Waals surface area contributed by atoms with Gasteiger partial charge in [-0.1, -0.05) is 0 Å². The van der Waals surface area contributed by atoms with Crippen LogP contribution in [0.1, 0.15) is 20.8 Å². The maximum Gasteiger partial charge on any atom is 0.412 e. The molecule has 0 spiro atoms. The molecule has 1 rings (SSSR count). The van der Waals surface area contributed by atoms with E-state index in [1.165, 1.54) is 0 Å². The number of hydrogen-bond donors (Lipinski definition) is 2. The van der Waals surface area contributed by atoms with E-state index in [2.05, 4.69) is 5.32 Å². The molecule has 3 N–H and O–H groups in total. The van der Waals surface area contributed by atoms with Crippen molar-refractivity contribution in [2.24, 2.45) is 0 Å². The summed E-state index contributed by atoms with van der Waals surface area (Å²) in [4.78, 5) is 11.4. The van der Waals surface area contributed by atoms with Gasteiger partial charge in [-0.2, -0.15) is 0 Å². The van der Waals surface area contributed by atoms with Gasteiger partial charge in [-0.25, -0.2) is 13.6 Å². The Bertz CT molecular complexity index is 442. The second-order valence-electron chi connectivity index (χ2n) is 4.48. The predicted octanol–water partition coefficient (Wildman–Crippen LogP) is 2.89. The molecule has 94 valence electrons. The first-order chi connectivity index (χ1) is 7.69. The number of halogens is 2. The van der Waals surface area contributed by atoms with Gasteiger partial charge in [-0.15, -0.1) is 0 Å². The number of carbonyl (C=O) groups is 1. The molecule has 0 aliphatic rings. The zero-order valence-corrected chi connectivity index (χ0v) is 9.80.